The van der Waals surface area contributed by atoms with Crippen LogP contribution in [0.4, 0.5) is 29.7 Å². The number of carbonyl (C=O) groups is 1. The molecule has 0 saturated carbocycles. The summed E-state index contributed by atoms with van der Waals surface area (Å²) >= 11 is 1.26. The van der Waals surface area contributed by atoms with E-state index in [1.54, 1.807) is 23.6 Å². The van der Waals surface area contributed by atoms with Gasteiger partial charge < -0.3 is 24.8 Å². The Morgan fingerprint density at radius 1 is 1.06 bits per heavy atom. The molecule has 7 nitrogen and oxygen atoms in total. The number of halogens is 3. The van der Waals surface area contributed by atoms with E-state index in [1.165, 1.54) is 49.8 Å². The first-order valence-corrected chi connectivity index (χ1v) is 9.73. The number of amides is 1. The van der Waals surface area contributed by atoms with Crippen LogP contribution in [0.25, 0.3) is 0 Å². The molecule has 1 amide bonds. The van der Waals surface area contributed by atoms with Crippen molar-refractivity contribution < 1.29 is 32.2 Å². The second kappa shape index (κ2) is 9.56. The van der Waals surface area contributed by atoms with E-state index >= 15 is 0 Å². The molecule has 0 aliphatic rings. The largest absolute Gasteiger partial charge is 0.573 e. The van der Waals surface area contributed by atoms with Crippen molar-refractivity contribution in [2.45, 2.75) is 12.8 Å². The van der Waals surface area contributed by atoms with Crippen LogP contribution >= 0.6 is 11.3 Å². The topological polar surface area (TPSA) is 81.7 Å². The Labute approximate surface area is 179 Å². The minimum absolute atomic E-state index is 0.0335. The van der Waals surface area contributed by atoms with Gasteiger partial charge in [-0.05, 0) is 36.4 Å². The molecule has 3 aromatic rings. The summed E-state index contributed by atoms with van der Waals surface area (Å²) in [6.45, 7) is 0. The van der Waals surface area contributed by atoms with Crippen molar-refractivity contribution in [2.75, 3.05) is 24.9 Å². The van der Waals surface area contributed by atoms with Crippen LogP contribution in [0.15, 0.2) is 47.8 Å². The third-order valence-electron chi connectivity index (χ3n) is 3.92. The Morgan fingerprint density at radius 2 is 1.77 bits per heavy atom. The molecule has 0 unspecified atom stereocenters. The van der Waals surface area contributed by atoms with Crippen LogP contribution in [-0.4, -0.2) is 31.5 Å². The van der Waals surface area contributed by atoms with Crippen LogP contribution in [0.1, 0.15) is 5.69 Å². The van der Waals surface area contributed by atoms with Crippen molar-refractivity contribution in [2.24, 2.45) is 0 Å². The minimum Gasteiger partial charge on any atom is -0.497 e. The molecule has 2 N–H and O–H groups in total. The first kappa shape index (κ1) is 22.2. The zero-order chi connectivity index (χ0) is 22.4. The second-order valence-electron chi connectivity index (χ2n) is 6.13. The quantitative estimate of drug-likeness (QED) is 0.501. The summed E-state index contributed by atoms with van der Waals surface area (Å²) in [4.78, 5) is 16.7. The fraction of sp³-hybridized carbons (Fsp3) is 0.200. The van der Waals surface area contributed by atoms with Crippen molar-refractivity contribution in [3.05, 3.63) is 53.5 Å². The Kier molecular flexibility index (Phi) is 6.85. The van der Waals surface area contributed by atoms with Gasteiger partial charge in [-0.15, -0.1) is 24.5 Å². The summed E-state index contributed by atoms with van der Waals surface area (Å²) in [5.41, 5.74) is 1.57. The van der Waals surface area contributed by atoms with Crippen LogP contribution < -0.4 is 24.8 Å². The van der Waals surface area contributed by atoms with Crippen molar-refractivity contribution in [3.63, 3.8) is 0 Å². The lowest BCUT2D eigenvalue weighted by atomic mass is 10.2. The highest BCUT2D eigenvalue weighted by molar-refractivity contribution is 7.13. The second-order valence-corrected chi connectivity index (χ2v) is 6.99. The van der Waals surface area contributed by atoms with E-state index in [9.17, 15) is 18.0 Å². The van der Waals surface area contributed by atoms with Gasteiger partial charge in [0.05, 0.1) is 32.0 Å². The molecule has 0 fully saturated rings. The molecule has 2 aromatic carbocycles. The highest BCUT2D eigenvalue weighted by atomic mass is 32.1. The average molecular weight is 453 g/mol. The molecule has 164 valence electrons. The molecule has 11 heteroatoms. The fourth-order valence-electron chi connectivity index (χ4n) is 2.57. The average Bonchev–Trinajstić information content (AvgIpc) is 3.15. The number of nitrogens with one attached hydrogen (secondary N) is 2. The van der Waals surface area contributed by atoms with E-state index in [4.69, 9.17) is 9.47 Å². The van der Waals surface area contributed by atoms with Crippen molar-refractivity contribution in [1.82, 2.24) is 4.98 Å². The molecule has 1 heterocycles. The van der Waals surface area contributed by atoms with Gasteiger partial charge in [0.2, 0.25) is 5.91 Å². The van der Waals surface area contributed by atoms with Crippen molar-refractivity contribution in [1.29, 1.82) is 0 Å². The molecule has 0 aliphatic heterocycles. The van der Waals surface area contributed by atoms with Crippen LogP contribution in [0, 0.1) is 0 Å². The number of methoxy groups -OCH3 is 2. The number of anilines is 3. The fourth-order valence-corrected chi connectivity index (χ4v) is 3.30. The van der Waals surface area contributed by atoms with Crippen LogP contribution in [0.5, 0.6) is 17.2 Å². The van der Waals surface area contributed by atoms with Gasteiger partial charge in [-0.3, -0.25) is 4.79 Å². The summed E-state index contributed by atoms with van der Waals surface area (Å²) < 4.78 is 50.9. The number of thiazole rings is 1. The number of benzene rings is 2. The summed E-state index contributed by atoms with van der Waals surface area (Å²) in [6.07, 6.45) is -4.71. The van der Waals surface area contributed by atoms with Gasteiger partial charge in [0, 0.05) is 17.1 Å². The molecule has 1 aromatic heterocycles. The van der Waals surface area contributed by atoms with Crippen LogP contribution in [0.3, 0.4) is 0 Å². The molecular formula is C20H18F3N3O4S. The highest BCUT2D eigenvalue weighted by Crippen LogP contribution is 2.30. The predicted octanol–water partition coefficient (Wildman–Crippen LogP) is 4.98. The number of alkyl halides is 3. The Morgan fingerprint density at radius 3 is 2.42 bits per heavy atom. The molecule has 0 atom stereocenters. The summed E-state index contributed by atoms with van der Waals surface area (Å²) in [5.74, 6) is 0.465. The maximum atomic E-state index is 12.4. The van der Waals surface area contributed by atoms with Gasteiger partial charge >= 0.3 is 6.36 Å². The first-order chi connectivity index (χ1) is 14.8. The molecule has 31 heavy (non-hydrogen) atoms. The van der Waals surface area contributed by atoms with E-state index < -0.39 is 6.36 Å². The van der Waals surface area contributed by atoms with E-state index in [0.717, 1.165) is 0 Å². The molecule has 0 spiro atoms. The lowest BCUT2D eigenvalue weighted by molar-refractivity contribution is -0.274. The molecule has 0 aliphatic carbocycles. The third-order valence-corrected chi connectivity index (χ3v) is 4.72. The number of carbonyl (C=O) groups excluding carboxylic acids is 1. The number of hydrogen-bond donors (Lipinski definition) is 2. The van der Waals surface area contributed by atoms with Gasteiger partial charge in [-0.1, -0.05) is 0 Å². The van der Waals surface area contributed by atoms with E-state index in [-0.39, 0.29) is 18.1 Å². The zero-order valence-corrected chi connectivity index (χ0v) is 17.3. The number of aromatic nitrogens is 1. The number of hydrogen-bond acceptors (Lipinski definition) is 7. The molecule has 0 bridgehead atoms. The Hall–Kier alpha value is -3.47. The van der Waals surface area contributed by atoms with Gasteiger partial charge in [-0.2, -0.15) is 0 Å². The molecule has 0 radical (unpaired) electrons. The molecule has 3 rings (SSSR count). The molecule has 0 saturated heterocycles. The van der Waals surface area contributed by atoms with E-state index in [1.807, 2.05) is 0 Å². The maximum absolute atomic E-state index is 12.4. The van der Waals surface area contributed by atoms with Crippen molar-refractivity contribution in [3.8, 4) is 17.2 Å². The van der Waals surface area contributed by atoms with Gasteiger partial charge in [-0.25, -0.2) is 4.98 Å². The lowest BCUT2D eigenvalue weighted by Gasteiger charge is -2.11. The van der Waals surface area contributed by atoms with E-state index in [0.29, 0.717) is 33.7 Å². The van der Waals surface area contributed by atoms with Gasteiger partial charge in [0.1, 0.15) is 17.2 Å². The predicted molar refractivity (Wildman–Crippen MR) is 110 cm³/mol. The number of rotatable bonds is 8. The third kappa shape index (κ3) is 6.51. The van der Waals surface area contributed by atoms with Crippen molar-refractivity contribution >= 4 is 33.8 Å². The zero-order valence-electron chi connectivity index (χ0n) is 16.4. The van der Waals surface area contributed by atoms with Crippen LogP contribution in [-0.2, 0) is 11.2 Å². The monoisotopic (exact) mass is 453 g/mol. The summed E-state index contributed by atoms with van der Waals surface area (Å²) in [5, 5.41) is 7.95. The highest BCUT2D eigenvalue weighted by Gasteiger charge is 2.30. The SMILES string of the molecule is COc1ccc(NC(=O)Cc2csc(Nc3ccc(OC(F)(F)F)cc3)n2)c(OC)c1. The van der Waals surface area contributed by atoms with E-state index in [2.05, 4.69) is 20.4 Å². The molecular weight excluding hydrogens is 435 g/mol. The van der Waals surface area contributed by atoms with Crippen LogP contribution in [0.2, 0.25) is 0 Å². The van der Waals surface area contributed by atoms with Gasteiger partial charge in [0.15, 0.2) is 5.13 Å². The normalized spacial score (nSPS) is 11.0. The maximum Gasteiger partial charge on any atom is 0.573 e. The Bertz CT molecular complexity index is 1040. The number of ether oxygens (including phenoxy) is 3. The van der Waals surface area contributed by atoms with Gasteiger partial charge in [0.25, 0.3) is 0 Å². The first-order valence-electron chi connectivity index (χ1n) is 8.85. The summed E-state index contributed by atoms with van der Waals surface area (Å²) in [6, 6.07) is 10.3. The Balaban J connectivity index is 1.58. The smallest absolute Gasteiger partial charge is 0.497 e. The number of nitrogens with zero attached hydrogens (tertiary/aromatic N) is 1. The summed E-state index contributed by atoms with van der Waals surface area (Å²) in [7, 11) is 3.02. The standard InChI is InChI=1S/C20H18F3N3O4S/c1-28-15-7-8-16(17(10-15)29-2)26-18(27)9-13-11-31-19(25-13)24-12-3-5-14(6-4-12)30-20(21,22)23/h3-8,10-11H,9H2,1-2H3,(H,24,25)(H,26,27). The lowest BCUT2D eigenvalue weighted by Crippen LogP contribution is -2.16. The minimum atomic E-state index is -4.74.